The minimum absolute atomic E-state index is 0.172. The smallest absolute Gasteiger partial charge is 0.329 e. The van der Waals surface area contributed by atoms with Crippen molar-refractivity contribution in [2.24, 2.45) is 10.5 Å². The molecule has 0 unspecified atom stereocenters. The van der Waals surface area contributed by atoms with Gasteiger partial charge in [-0.15, -0.1) is 11.8 Å². The number of azide groups is 1. The second-order valence-electron chi connectivity index (χ2n) is 9.83. The van der Waals surface area contributed by atoms with Crippen molar-refractivity contribution >= 4 is 23.6 Å². The van der Waals surface area contributed by atoms with Crippen LogP contribution in [0.2, 0.25) is 0 Å². The van der Waals surface area contributed by atoms with E-state index < -0.39 is 22.2 Å². The highest BCUT2D eigenvalue weighted by molar-refractivity contribution is 8.00. The van der Waals surface area contributed by atoms with Crippen molar-refractivity contribution in [2.45, 2.75) is 42.9 Å². The molecule has 4 rings (SSSR count). The van der Waals surface area contributed by atoms with E-state index >= 15 is 0 Å². The van der Waals surface area contributed by atoms with Crippen LogP contribution in [0.25, 0.3) is 10.4 Å². The zero-order chi connectivity index (χ0) is 27.6. The Morgan fingerprint density at radius 3 is 1.87 bits per heavy atom. The summed E-state index contributed by atoms with van der Waals surface area (Å²) < 4.78 is 4.52. The number of carbonyl (C=O) groups is 2. The predicted octanol–water partition coefficient (Wildman–Crippen LogP) is 6.63. The van der Waals surface area contributed by atoms with Crippen molar-refractivity contribution in [1.82, 2.24) is 5.32 Å². The second kappa shape index (κ2) is 13.4. The first-order chi connectivity index (χ1) is 19.1. The van der Waals surface area contributed by atoms with Gasteiger partial charge < -0.3 is 10.1 Å². The predicted molar refractivity (Wildman–Crippen MR) is 155 cm³/mol. The minimum atomic E-state index is -0.847. The lowest BCUT2D eigenvalue weighted by atomic mass is 9.81. The maximum atomic E-state index is 13.7. The molecule has 1 amide bonds. The fourth-order valence-electron chi connectivity index (χ4n) is 5.55. The number of esters is 1. The van der Waals surface area contributed by atoms with Gasteiger partial charge in [0.15, 0.2) is 0 Å². The summed E-state index contributed by atoms with van der Waals surface area (Å²) in [4.78, 5) is 29.5. The molecule has 1 saturated carbocycles. The molecule has 0 heterocycles. The molecular weight excluding hydrogens is 508 g/mol. The first kappa shape index (κ1) is 28.3. The first-order valence-electron chi connectivity index (χ1n) is 13.3. The third-order valence-corrected chi connectivity index (χ3v) is 9.23. The van der Waals surface area contributed by atoms with Crippen LogP contribution < -0.4 is 5.32 Å². The average Bonchev–Trinajstić information content (AvgIpc) is 3.48. The highest BCUT2D eigenvalue weighted by Crippen LogP contribution is 2.49. The number of hydrogen-bond acceptors (Lipinski definition) is 5. The van der Waals surface area contributed by atoms with Crippen LogP contribution in [0.15, 0.2) is 96.1 Å². The van der Waals surface area contributed by atoms with Crippen LogP contribution in [0.4, 0.5) is 0 Å². The largest absolute Gasteiger partial charge is 0.467 e. The van der Waals surface area contributed by atoms with Gasteiger partial charge in [0, 0.05) is 22.6 Å². The molecule has 3 aromatic carbocycles. The molecule has 0 bridgehead atoms. The van der Waals surface area contributed by atoms with Crippen molar-refractivity contribution in [1.29, 1.82) is 0 Å². The summed E-state index contributed by atoms with van der Waals surface area (Å²) >= 11 is 1.60. The molecule has 8 heteroatoms. The van der Waals surface area contributed by atoms with E-state index in [1.54, 1.807) is 11.8 Å². The maximum absolute atomic E-state index is 13.7. The minimum Gasteiger partial charge on any atom is -0.467 e. The van der Waals surface area contributed by atoms with E-state index in [4.69, 9.17) is 10.3 Å². The van der Waals surface area contributed by atoms with Gasteiger partial charge in [0.05, 0.1) is 11.9 Å². The van der Waals surface area contributed by atoms with Crippen molar-refractivity contribution in [3.63, 3.8) is 0 Å². The molecule has 3 aromatic rings. The Morgan fingerprint density at radius 2 is 1.44 bits per heavy atom. The average molecular weight is 543 g/mol. The lowest BCUT2D eigenvalue weighted by molar-refractivity contribution is -0.146. The van der Waals surface area contributed by atoms with E-state index in [0.29, 0.717) is 25.0 Å². The highest BCUT2D eigenvalue weighted by Gasteiger charge is 2.43. The van der Waals surface area contributed by atoms with Crippen molar-refractivity contribution in [3.05, 3.63) is 118 Å². The van der Waals surface area contributed by atoms with Crippen LogP contribution in [0.3, 0.4) is 0 Å². The van der Waals surface area contributed by atoms with Crippen molar-refractivity contribution < 1.29 is 14.3 Å². The summed E-state index contributed by atoms with van der Waals surface area (Å²) in [5.74, 6) is -0.361. The van der Waals surface area contributed by atoms with Gasteiger partial charge in [0.25, 0.3) is 0 Å². The maximum Gasteiger partial charge on any atom is 0.329 e. The zero-order valence-electron chi connectivity index (χ0n) is 22.2. The summed E-state index contributed by atoms with van der Waals surface area (Å²) in [5, 5.41) is 6.70. The van der Waals surface area contributed by atoms with E-state index in [0.717, 1.165) is 29.5 Å². The quantitative estimate of drug-likeness (QED) is 0.0912. The topological polar surface area (TPSA) is 104 Å². The number of nitrogens with one attached hydrogen (secondary N) is 1. The van der Waals surface area contributed by atoms with E-state index in [-0.39, 0.29) is 12.5 Å². The zero-order valence-corrected chi connectivity index (χ0v) is 23.0. The Balaban J connectivity index is 1.70. The van der Waals surface area contributed by atoms with Gasteiger partial charge in [-0.25, -0.2) is 4.79 Å². The standard InChI is InChI=1S/C31H34N4O3S/c1-38-28(36)27(34-29(37)30(19-11-12-20-30)21-22-33-35-32)23-39-31(24-13-5-2-6-14-24,25-15-7-3-8-16-25)26-17-9-4-10-18-26/h2-10,13-18,27H,11-12,19-23H2,1H3,(H,34,37)/t27-/m0/s1. The lowest BCUT2D eigenvalue weighted by Gasteiger charge is -2.37. The fraction of sp³-hybridized carbons (Fsp3) is 0.355. The number of carbonyl (C=O) groups excluding carboxylic acids is 2. The number of nitrogens with zero attached hydrogens (tertiary/aromatic N) is 3. The molecule has 0 radical (unpaired) electrons. The summed E-state index contributed by atoms with van der Waals surface area (Å²) in [6, 6.07) is 29.8. The van der Waals surface area contributed by atoms with Gasteiger partial charge in [-0.05, 0) is 41.5 Å². The molecule has 202 valence electrons. The Hall–Kier alpha value is -3.74. The summed E-state index contributed by atoms with van der Waals surface area (Å²) in [5.41, 5.74) is 11.3. The summed E-state index contributed by atoms with van der Waals surface area (Å²) in [6.07, 6.45) is 3.75. The van der Waals surface area contributed by atoms with Gasteiger partial charge in [-0.2, -0.15) is 0 Å². The van der Waals surface area contributed by atoms with E-state index in [2.05, 4.69) is 51.7 Å². The number of benzene rings is 3. The molecule has 39 heavy (non-hydrogen) atoms. The van der Waals surface area contributed by atoms with E-state index in [1.807, 2.05) is 54.6 Å². The number of amides is 1. The van der Waals surface area contributed by atoms with Crippen LogP contribution >= 0.6 is 11.8 Å². The number of ether oxygens (including phenoxy) is 1. The monoisotopic (exact) mass is 542 g/mol. The number of rotatable bonds is 12. The van der Waals surface area contributed by atoms with Crippen LogP contribution in [0, 0.1) is 5.41 Å². The Kier molecular flexibility index (Phi) is 9.69. The number of methoxy groups -OCH3 is 1. The molecule has 1 N–H and O–H groups in total. The molecule has 0 spiro atoms. The first-order valence-corrected chi connectivity index (χ1v) is 14.2. The molecule has 0 aromatic heterocycles. The molecule has 1 aliphatic rings. The lowest BCUT2D eigenvalue weighted by Crippen LogP contribution is -2.50. The Bertz CT molecular complexity index is 1180. The van der Waals surface area contributed by atoms with Crippen LogP contribution in [-0.4, -0.2) is 37.3 Å². The highest BCUT2D eigenvalue weighted by atomic mass is 32.2. The van der Waals surface area contributed by atoms with Crippen LogP contribution in [0.5, 0.6) is 0 Å². The summed E-state index contributed by atoms with van der Waals surface area (Å²) in [6.45, 7) is 0.251. The van der Waals surface area contributed by atoms with E-state index in [1.165, 1.54) is 7.11 Å². The molecule has 1 fully saturated rings. The molecule has 0 aliphatic heterocycles. The summed E-state index contributed by atoms with van der Waals surface area (Å²) in [7, 11) is 1.35. The number of thioether (sulfide) groups is 1. The van der Waals surface area contributed by atoms with E-state index in [9.17, 15) is 9.59 Å². The van der Waals surface area contributed by atoms with Gasteiger partial charge in [0.1, 0.15) is 6.04 Å². The second-order valence-corrected chi connectivity index (χ2v) is 11.1. The molecule has 0 saturated heterocycles. The van der Waals surface area contributed by atoms with Gasteiger partial charge in [-0.3, -0.25) is 4.79 Å². The SMILES string of the molecule is COC(=O)[C@H](CSC(c1ccccc1)(c1ccccc1)c1ccccc1)NC(=O)C1(CCN=[N+]=[N-])CCCC1. The van der Waals surface area contributed by atoms with Crippen molar-refractivity contribution in [2.75, 3.05) is 19.4 Å². The molecule has 1 atom stereocenters. The van der Waals surface area contributed by atoms with Gasteiger partial charge in [0.2, 0.25) is 5.91 Å². The fourth-order valence-corrected chi connectivity index (χ4v) is 7.09. The third-order valence-electron chi connectivity index (χ3n) is 7.59. The van der Waals surface area contributed by atoms with Gasteiger partial charge in [-0.1, -0.05) is 109 Å². The Morgan fingerprint density at radius 1 is 0.949 bits per heavy atom. The third kappa shape index (κ3) is 6.29. The van der Waals surface area contributed by atoms with Crippen LogP contribution in [0.1, 0.15) is 48.8 Å². The molecule has 1 aliphatic carbocycles. The molecular formula is C31H34N4O3S. The normalized spacial score (nSPS) is 15.1. The molecule has 7 nitrogen and oxygen atoms in total. The van der Waals surface area contributed by atoms with Crippen LogP contribution in [-0.2, 0) is 19.1 Å². The Labute approximate surface area is 234 Å². The van der Waals surface area contributed by atoms with Crippen molar-refractivity contribution in [3.8, 4) is 0 Å². The van der Waals surface area contributed by atoms with Gasteiger partial charge >= 0.3 is 5.97 Å². The number of hydrogen-bond donors (Lipinski definition) is 1.